The van der Waals surface area contributed by atoms with Gasteiger partial charge in [-0.1, -0.05) is 18.2 Å². The van der Waals surface area contributed by atoms with E-state index in [4.69, 9.17) is 9.39 Å². The van der Waals surface area contributed by atoms with Gasteiger partial charge in [-0.2, -0.15) is 18.6 Å². The first-order valence-electron chi connectivity index (χ1n) is 8.04. The number of aromatic nitrogens is 1. The second kappa shape index (κ2) is 6.32. The molecule has 1 aromatic carbocycles. The van der Waals surface area contributed by atoms with Crippen molar-refractivity contribution in [1.82, 2.24) is 4.73 Å². The summed E-state index contributed by atoms with van der Waals surface area (Å²) in [5.74, 6) is -2.85. The van der Waals surface area contributed by atoms with Crippen LogP contribution in [-0.2, 0) is 14.9 Å². The topological polar surface area (TPSA) is 151 Å². The Kier molecular flexibility index (Phi) is 4.05. The van der Waals surface area contributed by atoms with Gasteiger partial charge in [0, 0.05) is 17.7 Å². The third kappa shape index (κ3) is 3.06. The van der Waals surface area contributed by atoms with Crippen molar-refractivity contribution in [2.24, 2.45) is 10.2 Å². The zero-order valence-corrected chi connectivity index (χ0v) is 14.9. The molecular formula is C17H13N3O7S. The summed E-state index contributed by atoms with van der Waals surface area (Å²) in [5.41, 5.74) is 2.29. The third-order valence-electron chi connectivity index (χ3n) is 4.26. The average molecular weight is 403 g/mol. The van der Waals surface area contributed by atoms with Crippen molar-refractivity contribution in [3.05, 3.63) is 40.3 Å². The minimum Gasteiger partial charge on any atom is -0.492 e. The molecule has 0 saturated heterocycles. The molecule has 11 heteroatoms. The Morgan fingerprint density at radius 1 is 1.18 bits per heavy atom. The zero-order valence-electron chi connectivity index (χ0n) is 14.1. The summed E-state index contributed by atoms with van der Waals surface area (Å²) in [7, 11) is -4.80. The van der Waals surface area contributed by atoms with E-state index in [0.717, 1.165) is 16.0 Å². The molecule has 0 amide bonds. The number of hydrogen-bond acceptors (Lipinski definition) is 8. The van der Waals surface area contributed by atoms with Crippen LogP contribution in [0.3, 0.4) is 0 Å². The molecule has 1 aromatic heterocycles. The van der Waals surface area contributed by atoms with E-state index in [2.05, 4.69) is 10.2 Å². The van der Waals surface area contributed by atoms with Crippen LogP contribution in [-0.4, -0.2) is 33.9 Å². The number of nitrogens with zero attached hydrogens (tertiary/aromatic N) is 3. The first-order chi connectivity index (χ1) is 13.2. The Balaban J connectivity index is 1.52. The van der Waals surface area contributed by atoms with Gasteiger partial charge in [0.15, 0.2) is 4.90 Å². The molecule has 3 N–H and O–H groups in total. The van der Waals surface area contributed by atoms with Gasteiger partial charge in [-0.25, -0.2) is 4.79 Å². The van der Waals surface area contributed by atoms with Gasteiger partial charge in [0.2, 0.25) is 5.88 Å². The van der Waals surface area contributed by atoms with E-state index >= 15 is 0 Å². The van der Waals surface area contributed by atoms with Crippen LogP contribution in [0.15, 0.2) is 39.4 Å². The maximum absolute atomic E-state index is 12.1. The fourth-order valence-corrected chi connectivity index (χ4v) is 3.50. The van der Waals surface area contributed by atoms with E-state index in [0.29, 0.717) is 17.5 Å². The molecule has 2 heterocycles. The Morgan fingerprint density at radius 2 is 1.96 bits per heavy atom. The highest BCUT2D eigenvalue weighted by Crippen LogP contribution is 2.30. The molecule has 2 aromatic rings. The van der Waals surface area contributed by atoms with E-state index in [1.807, 2.05) is 30.4 Å². The van der Waals surface area contributed by atoms with Gasteiger partial charge in [-0.05, 0) is 22.9 Å². The fraction of sp³-hybridized carbons (Fsp3) is 0.118. The molecule has 28 heavy (non-hydrogen) atoms. The van der Waals surface area contributed by atoms with Gasteiger partial charge in [0.05, 0.1) is 17.8 Å². The van der Waals surface area contributed by atoms with Gasteiger partial charge in [-0.15, -0.1) is 4.73 Å². The summed E-state index contributed by atoms with van der Waals surface area (Å²) < 4.78 is 31.4. The molecule has 0 saturated carbocycles. The predicted octanol–water partition coefficient (Wildman–Crippen LogP) is 0.594. The number of benzene rings is 1. The van der Waals surface area contributed by atoms with E-state index in [-0.39, 0.29) is 17.6 Å². The number of carbonyl (C=O) groups excluding carboxylic acids is 1. The number of azo groups is 1. The maximum Gasteiger partial charge on any atom is 0.333 e. The van der Waals surface area contributed by atoms with E-state index in [1.54, 1.807) is 0 Å². The zero-order chi connectivity index (χ0) is 20.1. The average Bonchev–Trinajstić information content (AvgIpc) is 3.31. The van der Waals surface area contributed by atoms with Crippen molar-refractivity contribution < 1.29 is 32.8 Å². The van der Waals surface area contributed by atoms with Gasteiger partial charge >= 0.3 is 5.97 Å². The van der Waals surface area contributed by atoms with Gasteiger partial charge < -0.3 is 15.1 Å². The standard InChI is InChI=1S/C17H13N3O7S/c21-15-8-14(28(24,25)26)17(23)20(15)27-16(22)5-4-12-11-6-9-2-1-3-10(9)7-13(11)19-18-12/h1-3,6-8,21,23H,4-5H2,(H,24,25,26). The molecule has 1 aliphatic carbocycles. The SMILES string of the molecule is O=C(CCC1=c2cc3c(cc2N=N1)=CC=C3)On1c(O)cc(S(=O)(=O)O)c1O. The molecule has 0 fully saturated rings. The van der Waals surface area contributed by atoms with Crippen LogP contribution in [0.2, 0.25) is 0 Å². The minimum atomic E-state index is -4.80. The first-order valence-corrected chi connectivity index (χ1v) is 9.48. The lowest BCUT2D eigenvalue weighted by Gasteiger charge is -2.06. The highest BCUT2D eigenvalue weighted by atomic mass is 32.2. The number of rotatable bonds is 5. The predicted molar refractivity (Wildman–Crippen MR) is 95.5 cm³/mol. The van der Waals surface area contributed by atoms with Crippen molar-refractivity contribution in [3.63, 3.8) is 0 Å². The largest absolute Gasteiger partial charge is 0.492 e. The summed E-state index contributed by atoms with van der Waals surface area (Å²) in [5, 5.41) is 29.3. The smallest absolute Gasteiger partial charge is 0.333 e. The highest BCUT2D eigenvalue weighted by Gasteiger charge is 2.26. The Hall–Kier alpha value is -3.44. The number of aromatic hydroxyl groups is 2. The molecule has 1 aliphatic heterocycles. The van der Waals surface area contributed by atoms with Crippen LogP contribution in [0.25, 0.3) is 17.8 Å². The molecule has 4 rings (SSSR count). The van der Waals surface area contributed by atoms with Gasteiger partial charge in [0.1, 0.15) is 0 Å². The summed E-state index contributed by atoms with van der Waals surface area (Å²) in [6, 6.07) is 4.37. The van der Waals surface area contributed by atoms with Crippen LogP contribution in [0.4, 0.5) is 5.69 Å². The summed E-state index contributed by atoms with van der Waals surface area (Å²) in [4.78, 5) is 15.8. The molecular weight excluding hydrogens is 390 g/mol. The van der Waals surface area contributed by atoms with Crippen molar-refractivity contribution in [2.45, 2.75) is 17.7 Å². The van der Waals surface area contributed by atoms with Crippen LogP contribution < -0.4 is 15.3 Å². The Bertz CT molecular complexity index is 1300. The molecule has 0 radical (unpaired) electrons. The van der Waals surface area contributed by atoms with E-state index in [1.165, 1.54) is 0 Å². The summed E-state index contributed by atoms with van der Waals surface area (Å²) >= 11 is 0. The minimum absolute atomic E-state index is 0.175. The van der Waals surface area contributed by atoms with Crippen molar-refractivity contribution >= 4 is 39.6 Å². The highest BCUT2D eigenvalue weighted by molar-refractivity contribution is 7.86. The molecule has 10 nitrogen and oxygen atoms in total. The van der Waals surface area contributed by atoms with Gasteiger partial charge in [-0.3, -0.25) is 4.55 Å². The number of hydrogen-bond donors (Lipinski definition) is 3. The quantitative estimate of drug-likeness (QED) is 0.618. The molecule has 0 unspecified atom stereocenters. The molecule has 0 spiro atoms. The first kappa shape index (κ1) is 17.9. The van der Waals surface area contributed by atoms with Crippen molar-refractivity contribution in [2.75, 3.05) is 0 Å². The van der Waals surface area contributed by atoms with Crippen LogP contribution >= 0.6 is 0 Å². The fourth-order valence-electron chi connectivity index (χ4n) is 2.93. The summed E-state index contributed by atoms with van der Waals surface area (Å²) in [6.45, 7) is 0. The van der Waals surface area contributed by atoms with Crippen molar-refractivity contribution in [1.29, 1.82) is 0 Å². The molecule has 0 bridgehead atoms. The van der Waals surface area contributed by atoms with Gasteiger partial charge in [0.25, 0.3) is 16.0 Å². The monoisotopic (exact) mass is 403 g/mol. The normalized spacial score (nSPS) is 14.1. The van der Waals surface area contributed by atoms with Crippen LogP contribution in [0.1, 0.15) is 18.4 Å². The number of allylic oxidation sites excluding steroid dienone is 1. The second-order valence-electron chi connectivity index (χ2n) is 6.09. The Morgan fingerprint density at radius 3 is 2.68 bits per heavy atom. The van der Waals surface area contributed by atoms with E-state index in [9.17, 15) is 23.4 Å². The molecule has 144 valence electrons. The lowest BCUT2D eigenvalue weighted by molar-refractivity contribution is -0.145. The van der Waals surface area contributed by atoms with E-state index < -0.39 is 32.7 Å². The number of fused-ring (bicyclic) bond motifs is 2. The lowest BCUT2D eigenvalue weighted by Crippen LogP contribution is -2.19. The second-order valence-corrected chi connectivity index (χ2v) is 7.48. The Labute approximate surface area is 157 Å². The molecule has 0 atom stereocenters. The third-order valence-corrected chi connectivity index (χ3v) is 5.12. The molecule has 2 aliphatic rings. The van der Waals surface area contributed by atoms with Crippen LogP contribution in [0, 0.1) is 0 Å². The maximum atomic E-state index is 12.1. The van der Waals surface area contributed by atoms with Crippen molar-refractivity contribution in [3.8, 4) is 11.8 Å². The lowest BCUT2D eigenvalue weighted by atomic mass is 10.1. The summed E-state index contributed by atoms with van der Waals surface area (Å²) in [6.07, 6.45) is 5.83. The van der Waals surface area contributed by atoms with Crippen LogP contribution in [0.5, 0.6) is 11.8 Å². The number of carbonyl (C=O) groups is 1.